The van der Waals surface area contributed by atoms with Crippen molar-refractivity contribution in [3.63, 3.8) is 0 Å². The van der Waals surface area contributed by atoms with E-state index in [0.29, 0.717) is 11.2 Å². The summed E-state index contributed by atoms with van der Waals surface area (Å²) < 4.78 is 35.9. The first-order valence-corrected chi connectivity index (χ1v) is 16.2. The van der Waals surface area contributed by atoms with Gasteiger partial charge < -0.3 is 39.7 Å². The van der Waals surface area contributed by atoms with E-state index in [9.17, 15) is 24.2 Å². The van der Waals surface area contributed by atoms with Crippen molar-refractivity contribution >= 4 is 60.0 Å². The molecule has 5 rings (SSSR count). The van der Waals surface area contributed by atoms with Gasteiger partial charge in [0.05, 0.1) is 19.5 Å². The number of hydrogen-bond donors (Lipinski definition) is 6. The molecule has 1 aliphatic heterocycles. The zero-order chi connectivity index (χ0) is 28.8. The van der Waals surface area contributed by atoms with E-state index >= 15 is 0 Å². The van der Waals surface area contributed by atoms with Gasteiger partial charge in [0.25, 0.3) is 0 Å². The largest absolute Gasteiger partial charge is 0.496 e. The number of ether oxygens (including phenoxy) is 2. The minimum Gasteiger partial charge on any atom is -0.496 e. The molecule has 6 N–H and O–H groups in total. The van der Waals surface area contributed by atoms with Gasteiger partial charge in [-0.2, -0.15) is 9.97 Å². The Morgan fingerprint density at radius 3 is 2.62 bits per heavy atom. The lowest BCUT2D eigenvalue weighted by Crippen LogP contribution is -2.32. The summed E-state index contributed by atoms with van der Waals surface area (Å²) in [6.45, 7) is 0. The van der Waals surface area contributed by atoms with E-state index in [4.69, 9.17) is 30.9 Å². The van der Waals surface area contributed by atoms with Crippen LogP contribution in [0.5, 0.6) is 5.75 Å². The normalized spacial score (nSPS) is 23.0. The number of nitrogens with one attached hydrogen (secondary N) is 1. The Morgan fingerprint density at radius 2 is 1.90 bits per heavy atom. The molecule has 1 fully saturated rings. The third-order valence-corrected chi connectivity index (χ3v) is 10.9. The van der Waals surface area contributed by atoms with Crippen LogP contribution in [0.1, 0.15) is 12.6 Å². The zero-order valence-corrected chi connectivity index (χ0v) is 23.4. The van der Waals surface area contributed by atoms with Crippen LogP contribution in [0.25, 0.3) is 21.9 Å². The number of aromatic nitrogens is 4. The first-order chi connectivity index (χ1) is 18.8. The lowest BCUT2D eigenvalue weighted by atomic mass is 10.1. The second-order valence-electron chi connectivity index (χ2n) is 9.40. The Morgan fingerprint density at radius 1 is 1.12 bits per heavy atom. The number of halogens is 1. The van der Waals surface area contributed by atoms with E-state index in [0.717, 1.165) is 16.5 Å². The van der Waals surface area contributed by atoms with Crippen molar-refractivity contribution in [1.29, 1.82) is 0 Å². The van der Waals surface area contributed by atoms with Crippen LogP contribution in [-0.4, -0.2) is 81.9 Å². The van der Waals surface area contributed by atoms with Crippen molar-refractivity contribution in [2.75, 3.05) is 24.5 Å². The summed E-state index contributed by atoms with van der Waals surface area (Å²) in [7, 11) is -7.33. The van der Waals surface area contributed by atoms with Crippen molar-refractivity contribution in [3.8, 4) is 5.75 Å². The maximum atomic E-state index is 12.2. The highest BCUT2D eigenvalue weighted by Gasteiger charge is 2.45. The molecule has 0 spiro atoms. The van der Waals surface area contributed by atoms with Crippen molar-refractivity contribution in [2.45, 2.75) is 31.0 Å². The number of fused-ring (bicyclic) bond motifs is 2. The van der Waals surface area contributed by atoms with Gasteiger partial charge in [-0.1, -0.05) is 12.1 Å². The van der Waals surface area contributed by atoms with Gasteiger partial charge in [0.15, 0.2) is 23.2 Å². The van der Waals surface area contributed by atoms with E-state index in [2.05, 4.69) is 20.3 Å². The molecule has 3 unspecified atom stereocenters. The Hall–Kier alpha value is -2.64. The maximum absolute atomic E-state index is 12.2. The molecule has 214 valence electrons. The summed E-state index contributed by atoms with van der Waals surface area (Å²) >= 11 is 6.21. The number of imidazole rings is 1. The Kier molecular flexibility index (Phi) is 7.92. The molecule has 0 saturated carbocycles. The van der Waals surface area contributed by atoms with Gasteiger partial charge in [-0.3, -0.25) is 13.7 Å². The molecule has 4 aromatic rings. The quantitative estimate of drug-likeness (QED) is 0.119. The predicted octanol–water partition coefficient (Wildman–Crippen LogP) is 2.80. The average molecular weight is 614 g/mol. The number of anilines is 2. The highest BCUT2D eigenvalue weighted by Crippen LogP contribution is 2.55. The topological polar surface area (TPSA) is 209 Å². The Bertz CT molecular complexity index is 1660. The third kappa shape index (κ3) is 6.01. The molecule has 1 saturated heterocycles. The number of methoxy groups -OCH3 is 1. The number of aliphatic hydroxyl groups is 2. The van der Waals surface area contributed by atoms with Crippen LogP contribution in [0.3, 0.4) is 0 Å². The van der Waals surface area contributed by atoms with E-state index in [-0.39, 0.29) is 23.2 Å². The summed E-state index contributed by atoms with van der Waals surface area (Å²) in [5, 5.41) is 26.1. The van der Waals surface area contributed by atoms with E-state index in [1.807, 2.05) is 36.4 Å². The molecule has 14 nitrogen and oxygen atoms in total. The maximum Gasteiger partial charge on any atom is 0.335 e. The highest BCUT2D eigenvalue weighted by molar-refractivity contribution is 7.72. The van der Waals surface area contributed by atoms with Crippen molar-refractivity contribution in [2.24, 2.45) is 0 Å². The highest BCUT2D eigenvalue weighted by atomic mass is 35.5. The standard InChI is InChI=1S/C23H26ClN5O9P2/c1-37-15-4-2-3-12-9-13(5-6-14(12)15)26-20-17-21(28-23(24)27-20)29(10-25-17)22-19(31)18(30)16(38-22)7-8-39(32,33)11-40(34,35)36/h2-6,9-10,16,18-19,22,30-31H,7-8,11H2,1H3,(H,32,33)(H,26,27,28)(H2,34,35,36)/t16-,18?,19?,22-/m1/s1. The summed E-state index contributed by atoms with van der Waals surface area (Å²) in [6.07, 6.45) is -4.63. The van der Waals surface area contributed by atoms with Crippen molar-refractivity contribution < 1.29 is 43.5 Å². The van der Waals surface area contributed by atoms with E-state index < -0.39 is 51.6 Å². The molecule has 0 aliphatic carbocycles. The number of rotatable bonds is 9. The first kappa shape index (κ1) is 28.9. The van der Waals surface area contributed by atoms with Crippen LogP contribution in [0.4, 0.5) is 11.5 Å². The van der Waals surface area contributed by atoms with Crippen LogP contribution < -0.4 is 10.1 Å². The van der Waals surface area contributed by atoms with Gasteiger partial charge in [0, 0.05) is 17.2 Å². The molecule has 3 heterocycles. The third-order valence-electron chi connectivity index (χ3n) is 6.50. The summed E-state index contributed by atoms with van der Waals surface area (Å²) in [5.74, 6) is -0.176. The van der Waals surface area contributed by atoms with E-state index in [1.54, 1.807) is 7.11 Å². The first-order valence-electron chi connectivity index (χ1n) is 12.0. The molecule has 0 bridgehead atoms. The van der Waals surface area contributed by atoms with Crippen LogP contribution in [0.15, 0.2) is 42.7 Å². The fourth-order valence-electron chi connectivity index (χ4n) is 4.69. The van der Waals surface area contributed by atoms with Crippen molar-refractivity contribution in [1.82, 2.24) is 19.5 Å². The number of hydrogen-bond acceptors (Lipinski definition) is 10. The van der Waals surface area contributed by atoms with Gasteiger partial charge >= 0.3 is 7.60 Å². The van der Waals surface area contributed by atoms with Crippen LogP contribution >= 0.6 is 26.6 Å². The molecule has 0 amide bonds. The minimum absolute atomic E-state index is 0.123. The second kappa shape index (κ2) is 11.0. The van der Waals surface area contributed by atoms with Gasteiger partial charge in [-0.25, -0.2) is 4.98 Å². The van der Waals surface area contributed by atoms with Gasteiger partial charge in [0.1, 0.15) is 23.9 Å². The zero-order valence-electron chi connectivity index (χ0n) is 20.9. The minimum atomic E-state index is -4.72. The summed E-state index contributed by atoms with van der Waals surface area (Å²) in [5.41, 5.74) is 1.17. The van der Waals surface area contributed by atoms with Crippen molar-refractivity contribution in [3.05, 3.63) is 48.0 Å². The predicted molar refractivity (Wildman–Crippen MR) is 146 cm³/mol. The fourth-order valence-corrected chi connectivity index (χ4v) is 8.39. The van der Waals surface area contributed by atoms with Crippen LogP contribution in [0.2, 0.25) is 5.28 Å². The van der Waals surface area contributed by atoms with E-state index in [1.165, 1.54) is 10.9 Å². The Balaban J connectivity index is 1.39. The lowest BCUT2D eigenvalue weighted by Gasteiger charge is -2.18. The molecule has 17 heteroatoms. The monoisotopic (exact) mass is 613 g/mol. The second-order valence-corrected chi connectivity index (χ2v) is 14.3. The lowest BCUT2D eigenvalue weighted by molar-refractivity contribution is -0.0354. The molecule has 2 aromatic carbocycles. The molecular weight excluding hydrogens is 588 g/mol. The molecule has 40 heavy (non-hydrogen) atoms. The van der Waals surface area contributed by atoms with Gasteiger partial charge in [-0.15, -0.1) is 0 Å². The molecule has 2 aromatic heterocycles. The smallest absolute Gasteiger partial charge is 0.335 e. The van der Waals surface area contributed by atoms with Gasteiger partial charge in [0.2, 0.25) is 12.7 Å². The number of nitrogens with zero attached hydrogens (tertiary/aromatic N) is 4. The molecule has 1 aliphatic rings. The fraction of sp³-hybridized carbons (Fsp3) is 0.348. The summed E-state index contributed by atoms with van der Waals surface area (Å²) in [4.78, 5) is 40.8. The molecule has 0 radical (unpaired) electrons. The van der Waals surface area contributed by atoms with Crippen LogP contribution in [-0.2, 0) is 13.9 Å². The Labute approximate surface area is 232 Å². The average Bonchev–Trinajstić information content (AvgIpc) is 3.41. The molecular formula is C23H26ClN5O9P2. The SMILES string of the molecule is COc1cccc2cc(Nc3nc(Cl)nc4c3ncn4[C@@H]3O[C@H](CCP(=O)(O)CP(=O)(O)O)C(O)C3O)ccc12. The van der Waals surface area contributed by atoms with Crippen LogP contribution in [0, 0.1) is 0 Å². The number of benzene rings is 2. The molecule has 5 atom stereocenters. The number of aliphatic hydroxyl groups excluding tert-OH is 2. The summed E-state index contributed by atoms with van der Waals surface area (Å²) in [6, 6.07) is 11.3. The van der Waals surface area contributed by atoms with Gasteiger partial charge in [-0.05, 0) is 47.7 Å².